The second kappa shape index (κ2) is 7.20. The number of methoxy groups -OCH3 is 2. The second-order valence-electron chi connectivity index (χ2n) is 3.75. The third kappa shape index (κ3) is 4.18. The van der Waals surface area contributed by atoms with Crippen LogP contribution in [-0.4, -0.2) is 32.8 Å². The molecule has 0 saturated carbocycles. The summed E-state index contributed by atoms with van der Waals surface area (Å²) in [5, 5.41) is 3.21. The highest BCUT2D eigenvalue weighted by molar-refractivity contribution is 6.32. The number of rotatable bonds is 6. The Balaban J connectivity index is 2.53. The fourth-order valence-electron chi connectivity index (χ4n) is 1.40. The van der Waals surface area contributed by atoms with E-state index in [0.29, 0.717) is 17.3 Å². The second-order valence-corrected chi connectivity index (χ2v) is 4.16. The van der Waals surface area contributed by atoms with Crippen molar-refractivity contribution < 1.29 is 14.3 Å². The molecule has 5 nitrogen and oxygen atoms in total. The SMILES string of the molecule is COCC(N)C(=O)NCc1ccc(OC)c(Cl)c1. The van der Waals surface area contributed by atoms with Gasteiger partial charge in [0.15, 0.2) is 0 Å². The van der Waals surface area contributed by atoms with Gasteiger partial charge in [-0.15, -0.1) is 0 Å². The summed E-state index contributed by atoms with van der Waals surface area (Å²) in [7, 11) is 3.04. The van der Waals surface area contributed by atoms with Crippen molar-refractivity contribution in [2.75, 3.05) is 20.8 Å². The Labute approximate surface area is 111 Å². The standard InChI is InChI=1S/C12H17ClN2O3/c1-17-7-10(14)12(16)15-6-8-3-4-11(18-2)9(13)5-8/h3-5,10H,6-7,14H2,1-2H3,(H,15,16). The van der Waals surface area contributed by atoms with Crippen molar-refractivity contribution >= 4 is 17.5 Å². The van der Waals surface area contributed by atoms with Gasteiger partial charge in [0.1, 0.15) is 11.8 Å². The van der Waals surface area contributed by atoms with Gasteiger partial charge in [-0.25, -0.2) is 0 Å². The normalized spacial score (nSPS) is 12.0. The number of hydrogen-bond donors (Lipinski definition) is 2. The molecular formula is C12H17ClN2O3. The number of amides is 1. The van der Waals surface area contributed by atoms with Crippen molar-refractivity contribution in [3.63, 3.8) is 0 Å². The van der Waals surface area contributed by atoms with Crippen LogP contribution in [-0.2, 0) is 16.1 Å². The van der Waals surface area contributed by atoms with Gasteiger partial charge in [-0.1, -0.05) is 17.7 Å². The molecule has 0 fully saturated rings. The van der Waals surface area contributed by atoms with Crippen molar-refractivity contribution in [2.45, 2.75) is 12.6 Å². The number of ether oxygens (including phenoxy) is 2. The molecule has 1 amide bonds. The number of nitrogens with one attached hydrogen (secondary N) is 1. The van der Waals surface area contributed by atoms with Crippen molar-refractivity contribution in [3.8, 4) is 5.75 Å². The molecule has 1 atom stereocenters. The first-order valence-electron chi connectivity index (χ1n) is 5.43. The molecule has 0 spiro atoms. The number of benzene rings is 1. The zero-order valence-electron chi connectivity index (χ0n) is 10.4. The lowest BCUT2D eigenvalue weighted by Gasteiger charge is -2.12. The molecule has 0 aliphatic carbocycles. The number of hydrogen-bond acceptors (Lipinski definition) is 4. The maximum absolute atomic E-state index is 11.5. The Morgan fingerprint density at radius 3 is 2.78 bits per heavy atom. The first kappa shape index (κ1) is 14.8. The van der Waals surface area contributed by atoms with Crippen LogP contribution in [0.15, 0.2) is 18.2 Å². The molecule has 0 radical (unpaired) electrons. The summed E-state index contributed by atoms with van der Waals surface area (Å²) in [6, 6.07) is 4.65. The number of carbonyl (C=O) groups excluding carboxylic acids is 1. The van der Waals surface area contributed by atoms with E-state index in [1.165, 1.54) is 7.11 Å². The van der Waals surface area contributed by atoms with E-state index in [9.17, 15) is 4.79 Å². The third-order valence-corrected chi connectivity index (χ3v) is 2.66. The maximum Gasteiger partial charge on any atom is 0.239 e. The lowest BCUT2D eigenvalue weighted by atomic mass is 10.2. The summed E-state index contributed by atoms with van der Waals surface area (Å²) >= 11 is 5.97. The van der Waals surface area contributed by atoms with Crippen LogP contribution in [0.2, 0.25) is 5.02 Å². The lowest BCUT2D eigenvalue weighted by Crippen LogP contribution is -2.43. The fraction of sp³-hybridized carbons (Fsp3) is 0.417. The molecule has 3 N–H and O–H groups in total. The van der Waals surface area contributed by atoms with Gasteiger partial charge in [0.05, 0.1) is 18.7 Å². The van der Waals surface area contributed by atoms with E-state index >= 15 is 0 Å². The highest BCUT2D eigenvalue weighted by atomic mass is 35.5. The summed E-state index contributed by atoms with van der Waals surface area (Å²) in [4.78, 5) is 11.5. The molecule has 18 heavy (non-hydrogen) atoms. The summed E-state index contributed by atoms with van der Waals surface area (Å²) in [5.74, 6) is 0.339. The highest BCUT2D eigenvalue weighted by Gasteiger charge is 2.12. The van der Waals surface area contributed by atoms with Crippen LogP contribution < -0.4 is 15.8 Å². The largest absolute Gasteiger partial charge is 0.495 e. The Morgan fingerprint density at radius 2 is 2.22 bits per heavy atom. The van der Waals surface area contributed by atoms with E-state index in [0.717, 1.165) is 5.56 Å². The van der Waals surface area contributed by atoms with Gasteiger partial charge in [-0.2, -0.15) is 0 Å². The van der Waals surface area contributed by atoms with Crippen molar-refractivity contribution in [2.24, 2.45) is 5.73 Å². The van der Waals surface area contributed by atoms with Gasteiger partial charge >= 0.3 is 0 Å². The lowest BCUT2D eigenvalue weighted by molar-refractivity contribution is -0.123. The molecule has 1 rings (SSSR count). The van der Waals surface area contributed by atoms with Crippen LogP contribution >= 0.6 is 11.6 Å². The zero-order chi connectivity index (χ0) is 13.5. The van der Waals surface area contributed by atoms with Gasteiger partial charge in [0, 0.05) is 13.7 Å². The number of carbonyl (C=O) groups is 1. The monoisotopic (exact) mass is 272 g/mol. The minimum absolute atomic E-state index is 0.190. The zero-order valence-corrected chi connectivity index (χ0v) is 11.2. The molecule has 0 aliphatic heterocycles. The van der Waals surface area contributed by atoms with Crippen LogP contribution in [0.5, 0.6) is 5.75 Å². The van der Waals surface area contributed by atoms with Crippen LogP contribution in [0.1, 0.15) is 5.56 Å². The van der Waals surface area contributed by atoms with Gasteiger partial charge in [0.2, 0.25) is 5.91 Å². The molecule has 0 aliphatic rings. The van der Waals surface area contributed by atoms with E-state index in [1.54, 1.807) is 19.2 Å². The fourth-order valence-corrected chi connectivity index (χ4v) is 1.68. The molecule has 0 heterocycles. The molecular weight excluding hydrogens is 256 g/mol. The Bertz CT molecular complexity index is 412. The summed E-state index contributed by atoms with van der Waals surface area (Å²) in [5.41, 5.74) is 6.46. The van der Waals surface area contributed by atoms with E-state index in [1.807, 2.05) is 6.07 Å². The molecule has 1 unspecified atom stereocenters. The van der Waals surface area contributed by atoms with E-state index in [2.05, 4.69) is 5.32 Å². The minimum atomic E-state index is -0.663. The van der Waals surface area contributed by atoms with Gasteiger partial charge in [0.25, 0.3) is 0 Å². The van der Waals surface area contributed by atoms with Gasteiger partial charge in [-0.05, 0) is 17.7 Å². The highest BCUT2D eigenvalue weighted by Crippen LogP contribution is 2.24. The van der Waals surface area contributed by atoms with Crippen molar-refractivity contribution in [1.29, 1.82) is 0 Å². The van der Waals surface area contributed by atoms with Crippen LogP contribution in [0.3, 0.4) is 0 Å². The Hall–Kier alpha value is -1.30. The quantitative estimate of drug-likeness (QED) is 0.808. The molecule has 1 aromatic rings. The molecule has 100 valence electrons. The average Bonchev–Trinajstić information content (AvgIpc) is 2.36. The summed E-state index contributed by atoms with van der Waals surface area (Å²) in [6.45, 7) is 0.551. The van der Waals surface area contributed by atoms with Crippen molar-refractivity contribution in [3.05, 3.63) is 28.8 Å². The Morgan fingerprint density at radius 1 is 1.50 bits per heavy atom. The van der Waals surface area contributed by atoms with Gasteiger partial charge in [-0.3, -0.25) is 4.79 Å². The predicted octanol–water partition coefficient (Wildman–Crippen LogP) is 0.939. The van der Waals surface area contributed by atoms with Crippen LogP contribution in [0.4, 0.5) is 0 Å². The molecule has 0 saturated heterocycles. The number of nitrogens with two attached hydrogens (primary N) is 1. The first-order valence-corrected chi connectivity index (χ1v) is 5.81. The van der Waals surface area contributed by atoms with Gasteiger partial charge < -0.3 is 20.5 Å². The van der Waals surface area contributed by atoms with E-state index < -0.39 is 6.04 Å². The topological polar surface area (TPSA) is 73.6 Å². The van der Waals surface area contributed by atoms with Crippen LogP contribution in [0.25, 0.3) is 0 Å². The molecule has 0 aromatic heterocycles. The molecule has 6 heteroatoms. The minimum Gasteiger partial charge on any atom is -0.495 e. The molecule has 0 bridgehead atoms. The van der Waals surface area contributed by atoms with E-state index in [4.69, 9.17) is 26.8 Å². The van der Waals surface area contributed by atoms with Crippen LogP contribution in [0, 0.1) is 0 Å². The maximum atomic E-state index is 11.5. The van der Waals surface area contributed by atoms with E-state index in [-0.39, 0.29) is 12.5 Å². The summed E-state index contributed by atoms with van der Waals surface area (Å²) in [6.07, 6.45) is 0. The average molecular weight is 273 g/mol. The smallest absolute Gasteiger partial charge is 0.239 e. The molecule has 1 aromatic carbocycles. The predicted molar refractivity (Wildman–Crippen MR) is 69.7 cm³/mol. The van der Waals surface area contributed by atoms with Crippen molar-refractivity contribution in [1.82, 2.24) is 5.32 Å². The first-order chi connectivity index (χ1) is 8.58. The Kier molecular flexibility index (Phi) is 5.91. The number of halogens is 1. The third-order valence-electron chi connectivity index (χ3n) is 2.37. The summed E-state index contributed by atoms with van der Waals surface area (Å²) < 4.78 is 9.84.